The monoisotopic (exact) mass is 335 g/mol. The molecule has 0 radical (unpaired) electrons. The molecule has 122 valence electrons. The minimum absolute atomic E-state index is 0.331. The van der Waals surface area contributed by atoms with Crippen LogP contribution in [0, 0.1) is 6.92 Å². The van der Waals surface area contributed by atoms with E-state index in [0.717, 1.165) is 5.56 Å². The van der Waals surface area contributed by atoms with E-state index in [1.165, 1.54) is 21.3 Å². The molecule has 2 aromatic carbocycles. The molecule has 23 heavy (non-hydrogen) atoms. The first-order valence-corrected chi connectivity index (χ1v) is 7.25. The van der Waals surface area contributed by atoms with E-state index in [1.54, 1.807) is 24.3 Å². The van der Waals surface area contributed by atoms with Crippen molar-refractivity contribution in [2.24, 2.45) is 0 Å². The standard InChI is InChI=1S/C17H18ClNO4/c1-10-5-6-11(7-13(10)18)19-17(20)12-8-15(22-3)16(23-4)9-14(12)21-2/h5-9H,1-4H3,(H,19,20). The van der Waals surface area contributed by atoms with Crippen LogP contribution in [0.2, 0.25) is 5.02 Å². The van der Waals surface area contributed by atoms with Crippen molar-refractivity contribution in [1.29, 1.82) is 0 Å². The van der Waals surface area contributed by atoms with Gasteiger partial charge in [0.15, 0.2) is 11.5 Å². The molecule has 5 nitrogen and oxygen atoms in total. The van der Waals surface area contributed by atoms with Crippen LogP contribution in [-0.2, 0) is 0 Å². The second-order valence-corrected chi connectivity index (χ2v) is 5.23. The zero-order valence-electron chi connectivity index (χ0n) is 13.4. The summed E-state index contributed by atoms with van der Waals surface area (Å²) in [5.74, 6) is 0.987. The summed E-state index contributed by atoms with van der Waals surface area (Å²) in [6.45, 7) is 1.89. The van der Waals surface area contributed by atoms with E-state index in [2.05, 4.69) is 5.32 Å². The number of halogens is 1. The normalized spacial score (nSPS) is 10.1. The zero-order chi connectivity index (χ0) is 17.0. The van der Waals surface area contributed by atoms with Crippen molar-refractivity contribution in [2.45, 2.75) is 6.92 Å². The summed E-state index contributed by atoms with van der Waals surface area (Å²) >= 11 is 6.08. The molecule has 0 bridgehead atoms. The number of hydrogen-bond donors (Lipinski definition) is 1. The maximum atomic E-state index is 12.5. The van der Waals surface area contributed by atoms with Crippen molar-refractivity contribution in [1.82, 2.24) is 0 Å². The number of carbonyl (C=O) groups excluding carboxylic acids is 1. The summed E-state index contributed by atoms with van der Waals surface area (Å²) in [6, 6.07) is 8.50. The molecule has 0 saturated heterocycles. The quantitative estimate of drug-likeness (QED) is 0.899. The number of rotatable bonds is 5. The minimum Gasteiger partial charge on any atom is -0.496 e. The fourth-order valence-electron chi connectivity index (χ4n) is 2.08. The fraction of sp³-hybridized carbons (Fsp3) is 0.235. The number of anilines is 1. The van der Waals surface area contributed by atoms with E-state index < -0.39 is 0 Å². The van der Waals surface area contributed by atoms with Crippen molar-refractivity contribution in [3.05, 3.63) is 46.5 Å². The van der Waals surface area contributed by atoms with Crippen LogP contribution in [0.4, 0.5) is 5.69 Å². The molecule has 0 fully saturated rings. The van der Waals surface area contributed by atoms with Crippen LogP contribution in [0.3, 0.4) is 0 Å². The zero-order valence-corrected chi connectivity index (χ0v) is 14.2. The third-order valence-electron chi connectivity index (χ3n) is 3.38. The van der Waals surface area contributed by atoms with Crippen molar-refractivity contribution in [3.8, 4) is 17.2 Å². The molecule has 6 heteroatoms. The first kappa shape index (κ1) is 17.0. The molecular weight excluding hydrogens is 318 g/mol. The smallest absolute Gasteiger partial charge is 0.259 e. The highest BCUT2D eigenvalue weighted by Gasteiger charge is 2.18. The average molecular weight is 336 g/mol. The first-order chi connectivity index (χ1) is 11.0. The summed E-state index contributed by atoms with van der Waals surface area (Å²) < 4.78 is 15.7. The first-order valence-electron chi connectivity index (χ1n) is 6.87. The summed E-state index contributed by atoms with van der Waals surface area (Å²) in [5, 5.41) is 3.38. The Morgan fingerprint density at radius 3 is 2.13 bits per heavy atom. The van der Waals surface area contributed by atoms with Crippen LogP contribution < -0.4 is 19.5 Å². The van der Waals surface area contributed by atoms with E-state index in [4.69, 9.17) is 25.8 Å². The lowest BCUT2D eigenvalue weighted by atomic mass is 10.1. The number of ether oxygens (including phenoxy) is 3. The number of amides is 1. The van der Waals surface area contributed by atoms with E-state index in [9.17, 15) is 4.79 Å². The summed E-state index contributed by atoms with van der Waals surface area (Å²) in [6.07, 6.45) is 0. The lowest BCUT2D eigenvalue weighted by Crippen LogP contribution is -2.13. The second kappa shape index (κ2) is 7.24. The van der Waals surface area contributed by atoms with Gasteiger partial charge in [-0.2, -0.15) is 0 Å². The molecule has 0 aliphatic heterocycles. The Morgan fingerprint density at radius 2 is 1.57 bits per heavy atom. The molecule has 0 heterocycles. The highest BCUT2D eigenvalue weighted by atomic mass is 35.5. The topological polar surface area (TPSA) is 56.8 Å². The predicted molar refractivity (Wildman–Crippen MR) is 90.2 cm³/mol. The number of benzene rings is 2. The summed E-state index contributed by atoms with van der Waals surface area (Å²) in [7, 11) is 4.51. The predicted octanol–water partition coefficient (Wildman–Crippen LogP) is 3.93. The Morgan fingerprint density at radius 1 is 0.957 bits per heavy atom. The fourth-order valence-corrected chi connectivity index (χ4v) is 2.26. The van der Waals surface area contributed by atoms with E-state index in [0.29, 0.717) is 33.5 Å². The van der Waals surface area contributed by atoms with Gasteiger partial charge < -0.3 is 19.5 Å². The van der Waals surface area contributed by atoms with Crippen LogP contribution in [0.25, 0.3) is 0 Å². The molecule has 0 aliphatic rings. The Labute approximate surface area is 140 Å². The average Bonchev–Trinajstić information content (AvgIpc) is 2.56. The van der Waals surface area contributed by atoms with Crippen molar-refractivity contribution < 1.29 is 19.0 Å². The van der Waals surface area contributed by atoms with Gasteiger partial charge in [-0.1, -0.05) is 17.7 Å². The van der Waals surface area contributed by atoms with E-state index >= 15 is 0 Å². The molecule has 2 rings (SSSR count). The lowest BCUT2D eigenvalue weighted by Gasteiger charge is -2.14. The maximum absolute atomic E-state index is 12.5. The summed E-state index contributed by atoms with van der Waals surface area (Å²) in [5.41, 5.74) is 1.87. The summed E-state index contributed by atoms with van der Waals surface area (Å²) in [4.78, 5) is 12.5. The molecule has 2 aromatic rings. The molecular formula is C17H18ClNO4. The Bertz CT molecular complexity index is 731. The molecule has 0 aromatic heterocycles. The highest BCUT2D eigenvalue weighted by Crippen LogP contribution is 2.35. The van der Waals surface area contributed by atoms with Gasteiger partial charge in [0, 0.05) is 22.8 Å². The number of carbonyl (C=O) groups is 1. The van der Waals surface area contributed by atoms with Crippen molar-refractivity contribution in [3.63, 3.8) is 0 Å². The van der Waals surface area contributed by atoms with Crippen LogP contribution in [0.1, 0.15) is 15.9 Å². The number of methoxy groups -OCH3 is 3. The lowest BCUT2D eigenvalue weighted by molar-refractivity contribution is 0.102. The third-order valence-corrected chi connectivity index (χ3v) is 3.79. The van der Waals surface area contributed by atoms with E-state index in [-0.39, 0.29) is 5.91 Å². The Hall–Kier alpha value is -2.40. The minimum atomic E-state index is -0.331. The number of nitrogens with one attached hydrogen (secondary N) is 1. The van der Waals surface area contributed by atoms with Gasteiger partial charge in [-0.3, -0.25) is 4.79 Å². The molecule has 0 unspecified atom stereocenters. The highest BCUT2D eigenvalue weighted by molar-refractivity contribution is 6.31. The molecule has 0 aliphatic carbocycles. The second-order valence-electron chi connectivity index (χ2n) is 4.83. The Balaban J connectivity index is 2.35. The molecule has 0 spiro atoms. The van der Waals surface area contributed by atoms with Gasteiger partial charge in [0.1, 0.15) is 5.75 Å². The van der Waals surface area contributed by atoms with Crippen LogP contribution >= 0.6 is 11.6 Å². The van der Waals surface area contributed by atoms with Gasteiger partial charge in [-0.05, 0) is 24.6 Å². The van der Waals surface area contributed by atoms with Crippen molar-refractivity contribution in [2.75, 3.05) is 26.6 Å². The number of hydrogen-bond acceptors (Lipinski definition) is 4. The third kappa shape index (κ3) is 3.68. The van der Waals surface area contributed by atoms with Gasteiger partial charge >= 0.3 is 0 Å². The Kier molecular flexibility index (Phi) is 5.34. The van der Waals surface area contributed by atoms with Crippen LogP contribution in [0.15, 0.2) is 30.3 Å². The van der Waals surface area contributed by atoms with Gasteiger partial charge in [-0.25, -0.2) is 0 Å². The number of aryl methyl sites for hydroxylation is 1. The van der Waals surface area contributed by atoms with Gasteiger partial charge in [0.05, 0.1) is 26.9 Å². The van der Waals surface area contributed by atoms with E-state index in [1.807, 2.05) is 13.0 Å². The van der Waals surface area contributed by atoms with Gasteiger partial charge in [0.25, 0.3) is 5.91 Å². The molecule has 0 atom stereocenters. The SMILES string of the molecule is COc1cc(OC)c(C(=O)Nc2ccc(C)c(Cl)c2)cc1OC. The van der Waals surface area contributed by atoms with Crippen LogP contribution in [0.5, 0.6) is 17.2 Å². The molecule has 1 amide bonds. The largest absolute Gasteiger partial charge is 0.496 e. The van der Waals surface area contributed by atoms with Crippen molar-refractivity contribution >= 4 is 23.2 Å². The van der Waals surface area contributed by atoms with Gasteiger partial charge in [-0.15, -0.1) is 0 Å². The maximum Gasteiger partial charge on any atom is 0.259 e. The molecule has 1 N–H and O–H groups in total. The van der Waals surface area contributed by atoms with Gasteiger partial charge in [0.2, 0.25) is 0 Å². The molecule has 0 saturated carbocycles. The van der Waals surface area contributed by atoms with Crippen LogP contribution in [-0.4, -0.2) is 27.2 Å².